The molecule has 1 heterocycles. The van der Waals surface area contributed by atoms with Gasteiger partial charge in [0.15, 0.2) is 6.61 Å². The van der Waals surface area contributed by atoms with E-state index in [-0.39, 0.29) is 29.0 Å². The van der Waals surface area contributed by atoms with Crippen molar-refractivity contribution >= 4 is 21.9 Å². The highest BCUT2D eigenvalue weighted by molar-refractivity contribution is 7.89. The highest BCUT2D eigenvalue weighted by atomic mass is 32.2. The first kappa shape index (κ1) is 20.8. The second-order valence-corrected chi connectivity index (χ2v) is 9.88. The molecule has 1 aromatic carbocycles. The van der Waals surface area contributed by atoms with Crippen LogP contribution in [0.4, 0.5) is 0 Å². The summed E-state index contributed by atoms with van der Waals surface area (Å²) in [7, 11) is -0.791. The number of hydrogen-bond donors (Lipinski definition) is 0. The van der Waals surface area contributed by atoms with E-state index in [1.54, 1.807) is 0 Å². The Balaban J connectivity index is 1.63. The number of ether oxygens (including phenoxy) is 1. The van der Waals surface area contributed by atoms with Gasteiger partial charge in [-0.25, -0.2) is 17.5 Å². The zero-order valence-electron chi connectivity index (χ0n) is 16.5. The molecular formula is C20H28N2O5S. The summed E-state index contributed by atoms with van der Waals surface area (Å²) in [5.41, 5.74) is 0.116. The lowest BCUT2D eigenvalue weighted by atomic mass is 9.78. The highest BCUT2D eigenvalue weighted by Gasteiger charge is 2.35. The van der Waals surface area contributed by atoms with Gasteiger partial charge >= 0.3 is 5.97 Å². The van der Waals surface area contributed by atoms with Gasteiger partial charge in [-0.3, -0.25) is 4.79 Å². The molecule has 1 saturated heterocycles. The third-order valence-corrected chi connectivity index (χ3v) is 7.55. The van der Waals surface area contributed by atoms with E-state index in [0.29, 0.717) is 12.5 Å². The lowest BCUT2D eigenvalue weighted by Gasteiger charge is -2.44. The molecule has 2 aliphatic rings. The molecule has 3 rings (SSSR count). The van der Waals surface area contributed by atoms with Crippen LogP contribution < -0.4 is 0 Å². The largest absolute Gasteiger partial charge is 0.452 e. The minimum atomic E-state index is -3.64. The summed E-state index contributed by atoms with van der Waals surface area (Å²) in [6.07, 6.45) is 6.71. The maximum Gasteiger partial charge on any atom is 0.338 e. The van der Waals surface area contributed by atoms with Gasteiger partial charge in [-0.1, -0.05) is 18.9 Å². The minimum Gasteiger partial charge on any atom is -0.452 e. The number of esters is 1. The number of likely N-dealkylation sites (tertiary alicyclic amines) is 1. The lowest BCUT2D eigenvalue weighted by molar-refractivity contribution is -0.140. The number of nitrogens with zero attached hydrogens (tertiary/aromatic N) is 2. The molecule has 28 heavy (non-hydrogen) atoms. The van der Waals surface area contributed by atoms with Gasteiger partial charge in [0.25, 0.3) is 5.91 Å². The Labute approximate surface area is 166 Å². The molecule has 1 amide bonds. The third kappa shape index (κ3) is 4.38. The molecule has 2 fully saturated rings. The van der Waals surface area contributed by atoms with Gasteiger partial charge < -0.3 is 9.64 Å². The SMILES string of the molecule is CN(C)S(=O)(=O)c1cccc(C(=O)OCC(=O)N2CCC[C@H]3CCCC[C@H]32)c1. The van der Waals surface area contributed by atoms with Crippen molar-refractivity contribution in [1.82, 2.24) is 9.21 Å². The van der Waals surface area contributed by atoms with Crippen LogP contribution in [0.2, 0.25) is 0 Å². The molecule has 1 aliphatic heterocycles. The average Bonchev–Trinajstić information content (AvgIpc) is 2.71. The Morgan fingerprint density at radius 3 is 2.61 bits per heavy atom. The molecule has 0 N–H and O–H groups in total. The number of benzene rings is 1. The summed E-state index contributed by atoms with van der Waals surface area (Å²) in [6.45, 7) is 0.404. The molecule has 7 nitrogen and oxygen atoms in total. The molecule has 0 spiro atoms. The first-order valence-corrected chi connectivity index (χ1v) is 11.2. The van der Waals surface area contributed by atoms with Crippen molar-refractivity contribution in [2.24, 2.45) is 5.92 Å². The number of rotatable bonds is 5. The Bertz CT molecular complexity index is 835. The van der Waals surface area contributed by atoms with Crippen molar-refractivity contribution in [3.63, 3.8) is 0 Å². The van der Waals surface area contributed by atoms with Gasteiger partial charge in [-0.15, -0.1) is 0 Å². The van der Waals surface area contributed by atoms with Gasteiger partial charge in [0.2, 0.25) is 10.0 Å². The third-order valence-electron chi connectivity index (χ3n) is 5.74. The molecule has 0 bridgehead atoms. The fourth-order valence-corrected chi connectivity index (χ4v) is 5.17. The zero-order chi connectivity index (χ0) is 20.3. The van der Waals surface area contributed by atoms with E-state index in [1.807, 2.05) is 4.90 Å². The summed E-state index contributed by atoms with van der Waals surface area (Å²) in [5, 5.41) is 0. The summed E-state index contributed by atoms with van der Waals surface area (Å²) in [4.78, 5) is 26.9. The van der Waals surface area contributed by atoms with Crippen LogP contribution >= 0.6 is 0 Å². The molecular weight excluding hydrogens is 380 g/mol. The van der Waals surface area contributed by atoms with Crippen LogP contribution in [0, 0.1) is 5.92 Å². The summed E-state index contributed by atoms with van der Waals surface area (Å²) < 4.78 is 30.7. The molecule has 154 valence electrons. The monoisotopic (exact) mass is 408 g/mol. The maximum absolute atomic E-state index is 12.7. The maximum atomic E-state index is 12.7. The summed E-state index contributed by atoms with van der Waals surface area (Å²) >= 11 is 0. The average molecular weight is 409 g/mol. The minimum absolute atomic E-state index is 0.0133. The van der Waals surface area contributed by atoms with E-state index >= 15 is 0 Å². The predicted molar refractivity (Wildman–Crippen MR) is 104 cm³/mol. The smallest absolute Gasteiger partial charge is 0.338 e. The van der Waals surface area contributed by atoms with Gasteiger partial charge in [0.05, 0.1) is 10.5 Å². The van der Waals surface area contributed by atoms with Crippen LogP contribution in [-0.2, 0) is 19.6 Å². The topological polar surface area (TPSA) is 84.0 Å². The molecule has 1 aromatic rings. The second kappa shape index (κ2) is 8.61. The van der Waals surface area contributed by atoms with E-state index in [9.17, 15) is 18.0 Å². The van der Waals surface area contributed by atoms with Crippen LogP contribution in [0.15, 0.2) is 29.2 Å². The number of fused-ring (bicyclic) bond motifs is 1. The standard InChI is InChI=1S/C20H28N2O5S/c1-21(2)28(25,26)17-10-5-8-16(13-17)20(24)27-14-19(23)22-12-6-9-15-7-3-4-11-18(15)22/h5,8,10,13,15,18H,3-4,6-7,9,11-12,14H2,1-2H3/t15-,18-/m1/s1. The molecule has 1 aliphatic carbocycles. The molecule has 0 unspecified atom stereocenters. The van der Waals surface area contributed by atoms with Crippen LogP contribution in [-0.4, -0.2) is 62.8 Å². The number of piperidine rings is 1. The molecule has 0 aromatic heterocycles. The Morgan fingerprint density at radius 1 is 1.14 bits per heavy atom. The number of carbonyl (C=O) groups excluding carboxylic acids is 2. The van der Waals surface area contributed by atoms with Gasteiger partial charge in [0.1, 0.15) is 0 Å². The molecule has 2 atom stereocenters. The predicted octanol–water partition coefficient (Wildman–Crippen LogP) is 2.27. The van der Waals surface area contributed by atoms with Gasteiger partial charge in [0, 0.05) is 26.7 Å². The van der Waals surface area contributed by atoms with Crippen LogP contribution in [0.3, 0.4) is 0 Å². The zero-order valence-corrected chi connectivity index (χ0v) is 17.3. The summed E-state index contributed by atoms with van der Waals surface area (Å²) in [6, 6.07) is 5.95. The highest BCUT2D eigenvalue weighted by Crippen LogP contribution is 2.35. The lowest BCUT2D eigenvalue weighted by Crippen LogP contribution is -2.50. The Morgan fingerprint density at radius 2 is 1.86 bits per heavy atom. The normalized spacial score (nSPS) is 22.6. The van der Waals surface area contributed by atoms with Crippen molar-refractivity contribution < 1.29 is 22.7 Å². The number of sulfonamides is 1. The first-order chi connectivity index (χ1) is 13.3. The fraction of sp³-hybridized carbons (Fsp3) is 0.600. The number of hydrogen-bond acceptors (Lipinski definition) is 5. The Kier molecular flexibility index (Phi) is 6.40. The van der Waals surface area contributed by atoms with Gasteiger partial charge in [-0.05, 0) is 49.8 Å². The first-order valence-electron chi connectivity index (χ1n) is 9.80. The van der Waals surface area contributed by atoms with Crippen molar-refractivity contribution in [1.29, 1.82) is 0 Å². The van der Waals surface area contributed by atoms with Crippen molar-refractivity contribution in [2.45, 2.75) is 49.5 Å². The number of carbonyl (C=O) groups is 2. The van der Waals surface area contributed by atoms with E-state index in [2.05, 4.69) is 0 Å². The van der Waals surface area contributed by atoms with E-state index in [0.717, 1.165) is 23.6 Å². The van der Waals surface area contributed by atoms with Crippen molar-refractivity contribution in [3.05, 3.63) is 29.8 Å². The van der Waals surface area contributed by atoms with E-state index in [1.165, 1.54) is 57.6 Å². The van der Waals surface area contributed by atoms with Gasteiger partial charge in [-0.2, -0.15) is 0 Å². The van der Waals surface area contributed by atoms with Crippen LogP contribution in [0.25, 0.3) is 0 Å². The second-order valence-electron chi connectivity index (χ2n) is 7.73. The number of amides is 1. The van der Waals surface area contributed by atoms with Crippen LogP contribution in [0.1, 0.15) is 48.9 Å². The van der Waals surface area contributed by atoms with E-state index < -0.39 is 16.0 Å². The van der Waals surface area contributed by atoms with E-state index in [4.69, 9.17) is 4.74 Å². The van der Waals surface area contributed by atoms with Crippen LogP contribution in [0.5, 0.6) is 0 Å². The molecule has 0 radical (unpaired) electrons. The molecule has 1 saturated carbocycles. The Hall–Kier alpha value is -1.93. The van der Waals surface area contributed by atoms with Crippen molar-refractivity contribution in [2.75, 3.05) is 27.2 Å². The summed E-state index contributed by atoms with van der Waals surface area (Å²) in [5.74, 6) is -0.293. The quantitative estimate of drug-likeness (QED) is 0.698. The molecule has 8 heteroatoms. The van der Waals surface area contributed by atoms with Crippen molar-refractivity contribution in [3.8, 4) is 0 Å². The fourth-order valence-electron chi connectivity index (χ4n) is 4.22.